The van der Waals surface area contributed by atoms with Crippen LogP contribution in [0.4, 0.5) is 4.39 Å². The summed E-state index contributed by atoms with van der Waals surface area (Å²) >= 11 is 2.72. The Kier molecular flexibility index (Phi) is 9.79. The molecule has 4 rings (SSSR count). The summed E-state index contributed by atoms with van der Waals surface area (Å²) in [5, 5.41) is 3.06. The second kappa shape index (κ2) is 12.6. The van der Waals surface area contributed by atoms with E-state index in [2.05, 4.69) is 41.8 Å². The van der Waals surface area contributed by atoms with Gasteiger partial charge in [-0.05, 0) is 74.7 Å². The molecule has 0 spiro atoms. The number of rotatable bonds is 14. The highest BCUT2D eigenvalue weighted by Gasteiger charge is 2.48. The quantitative estimate of drug-likeness (QED) is 0.135. The first-order valence-electron chi connectivity index (χ1n) is 14.3. The fraction of sp³-hybridized carbons (Fsp3) is 0.733. The smallest absolute Gasteiger partial charge is 0.255 e. The van der Waals surface area contributed by atoms with Crippen LogP contribution in [-0.2, 0) is 4.79 Å². The first kappa shape index (κ1) is 28.6. The van der Waals surface area contributed by atoms with Crippen molar-refractivity contribution in [2.45, 2.75) is 93.9 Å². The lowest BCUT2D eigenvalue weighted by Gasteiger charge is -2.46. The van der Waals surface area contributed by atoms with Crippen LogP contribution in [0.25, 0.3) is 0 Å². The normalized spacial score (nSPS) is 28.6. The second-order valence-corrected chi connectivity index (χ2v) is 13.8. The van der Waals surface area contributed by atoms with E-state index in [1.165, 1.54) is 57.8 Å². The third-order valence-electron chi connectivity index (χ3n) is 9.27. The largest absolute Gasteiger partial charge is 0.496 e. The molecule has 0 heterocycles. The molecule has 5 nitrogen and oxygen atoms in total. The lowest BCUT2D eigenvalue weighted by atomic mass is 9.66. The van der Waals surface area contributed by atoms with Crippen molar-refractivity contribution in [3.8, 4) is 11.5 Å². The van der Waals surface area contributed by atoms with Crippen molar-refractivity contribution < 1.29 is 23.5 Å². The Balaban J connectivity index is 1.37. The Morgan fingerprint density at radius 1 is 1.11 bits per heavy atom. The van der Waals surface area contributed by atoms with Gasteiger partial charge >= 0.3 is 0 Å². The number of alkyl halides is 1. The van der Waals surface area contributed by atoms with Gasteiger partial charge in [0.1, 0.15) is 12.0 Å². The van der Waals surface area contributed by atoms with Gasteiger partial charge in [0, 0.05) is 21.4 Å². The number of carbonyl (C=O) groups excluding carboxylic acids is 2. The fourth-order valence-corrected chi connectivity index (χ4v) is 8.21. The van der Waals surface area contributed by atoms with Gasteiger partial charge in [0.15, 0.2) is 11.6 Å². The lowest BCUT2D eigenvalue weighted by Crippen LogP contribution is -2.44. The number of amides is 1. The third kappa shape index (κ3) is 6.27. The van der Waals surface area contributed by atoms with Crippen molar-refractivity contribution >= 4 is 34.8 Å². The number of halogens is 2. The molecule has 0 aromatic heterocycles. The van der Waals surface area contributed by atoms with E-state index in [0.29, 0.717) is 33.7 Å². The number of ether oxygens (including phenoxy) is 2. The van der Waals surface area contributed by atoms with Gasteiger partial charge in [-0.15, -0.1) is 0 Å². The maximum atomic E-state index is 14.9. The number of hydrogen-bond acceptors (Lipinski definition) is 4. The van der Waals surface area contributed by atoms with Crippen LogP contribution < -0.4 is 14.8 Å². The molecular formula is C30H43FINO4. The molecule has 0 saturated heterocycles. The summed E-state index contributed by atoms with van der Waals surface area (Å²) in [7, 11) is 1.43. The summed E-state index contributed by atoms with van der Waals surface area (Å²) in [6.07, 6.45) is 13.8. The van der Waals surface area contributed by atoms with Crippen LogP contribution in [0.2, 0.25) is 0 Å². The van der Waals surface area contributed by atoms with Crippen molar-refractivity contribution in [2.24, 2.45) is 29.6 Å². The minimum Gasteiger partial charge on any atom is -0.496 e. The van der Waals surface area contributed by atoms with Crippen LogP contribution in [0.1, 0.15) is 94.8 Å². The summed E-state index contributed by atoms with van der Waals surface area (Å²) in [5.41, 5.74) is 0.253. The Morgan fingerprint density at radius 3 is 2.41 bits per heavy atom. The number of carbonyl (C=O) groups is 2. The summed E-state index contributed by atoms with van der Waals surface area (Å²) in [6.45, 7) is 4.96. The van der Waals surface area contributed by atoms with Crippen molar-refractivity contribution in [3.63, 3.8) is 0 Å². The van der Waals surface area contributed by atoms with Crippen molar-refractivity contribution in [2.75, 3.05) is 13.7 Å². The topological polar surface area (TPSA) is 64.6 Å². The fourth-order valence-electron chi connectivity index (χ4n) is 6.94. The number of fused-ring (bicyclic) bond motifs is 2. The maximum absolute atomic E-state index is 14.9. The van der Waals surface area contributed by atoms with E-state index >= 15 is 0 Å². The summed E-state index contributed by atoms with van der Waals surface area (Å²) in [5.74, 6) is 1.05. The zero-order chi connectivity index (χ0) is 26.6. The van der Waals surface area contributed by atoms with Gasteiger partial charge in [0.25, 0.3) is 5.91 Å². The van der Waals surface area contributed by atoms with Gasteiger partial charge in [-0.25, -0.2) is 4.39 Å². The average molecular weight is 628 g/mol. The standard InChI is InChI=1S/C30H43FINO4/c1-4-6-10-30(32,11-7-5-2)22-12-19(13-22)18-37-27-15-23(26(36-3)16-25(27)31)29(35)33-28-21-9-8-20(14-21)24(28)17-34/h15-17,19-22,24,28H,4-14,18H2,1-3H3,(H,33,35)/t19?,20-,21+,22?,24-,28+/m0/s1. The first-order chi connectivity index (χ1) is 17.8. The number of unbranched alkanes of at least 4 members (excludes halogenated alkanes) is 2. The Bertz CT molecular complexity index is 942. The Hall–Kier alpha value is -1.38. The minimum atomic E-state index is -0.524. The van der Waals surface area contributed by atoms with Gasteiger partial charge in [-0.3, -0.25) is 4.79 Å². The van der Waals surface area contributed by atoms with Crippen LogP contribution >= 0.6 is 22.6 Å². The van der Waals surface area contributed by atoms with E-state index in [0.717, 1.165) is 38.4 Å². The Morgan fingerprint density at radius 2 is 1.78 bits per heavy atom. The number of hydrogen-bond donors (Lipinski definition) is 1. The van der Waals surface area contributed by atoms with E-state index in [1.807, 2.05) is 0 Å². The molecule has 3 saturated carbocycles. The third-order valence-corrected chi connectivity index (χ3v) is 11.2. The predicted molar refractivity (Wildman–Crippen MR) is 152 cm³/mol. The van der Waals surface area contributed by atoms with Crippen LogP contribution in [0.3, 0.4) is 0 Å². The molecule has 3 fully saturated rings. The zero-order valence-corrected chi connectivity index (χ0v) is 24.7. The number of nitrogens with one attached hydrogen (secondary N) is 1. The molecule has 4 atom stereocenters. The molecule has 2 bridgehead atoms. The number of methoxy groups -OCH3 is 1. The maximum Gasteiger partial charge on any atom is 0.255 e. The monoisotopic (exact) mass is 627 g/mol. The van der Waals surface area contributed by atoms with Gasteiger partial charge < -0.3 is 19.6 Å². The number of aldehydes is 1. The average Bonchev–Trinajstić information content (AvgIpc) is 3.47. The highest BCUT2D eigenvalue weighted by atomic mass is 127. The molecule has 3 aliphatic rings. The van der Waals surface area contributed by atoms with Crippen molar-refractivity contribution in [1.82, 2.24) is 5.32 Å². The highest BCUT2D eigenvalue weighted by Crippen LogP contribution is 2.51. The van der Waals surface area contributed by atoms with E-state index in [9.17, 15) is 14.0 Å². The molecule has 0 radical (unpaired) electrons. The van der Waals surface area contributed by atoms with Crippen molar-refractivity contribution in [1.29, 1.82) is 0 Å². The van der Waals surface area contributed by atoms with E-state index in [4.69, 9.17) is 9.47 Å². The summed E-state index contributed by atoms with van der Waals surface area (Å²) in [6, 6.07) is 2.54. The van der Waals surface area contributed by atoms with Crippen LogP contribution in [0.5, 0.6) is 11.5 Å². The predicted octanol–water partition coefficient (Wildman–Crippen LogP) is 7.14. The van der Waals surface area contributed by atoms with Gasteiger partial charge in [0.05, 0.1) is 19.3 Å². The summed E-state index contributed by atoms with van der Waals surface area (Å²) in [4.78, 5) is 24.9. The minimum absolute atomic E-state index is 0.0898. The van der Waals surface area contributed by atoms with Crippen LogP contribution in [-0.4, -0.2) is 35.4 Å². The molecule has 3 aliphatic carbocycles. The van der Waals surface area contributed by atoms with E-state index in [1.54, 1.807) is 0 Å². The van der Waals surface area contributed by atoms with E-state index in [-0.39, 0.29) is 34.9 Å². The van der Waals surface area contributed by atoms with Crippen LogP contribution in [0, 0.1) is 35.4 Å². The second-order valence-electron chi connectivity index (χ2n) is 11.6. The molecule has 0 unspecified atom stereocenters. The molecule has 37 heavy (non-hydrogen) atoms. The zero-order valence-electron chi connectivity index (χ0n) is 22.6. The van der Waals surface area contributed by atoms with Crippen molar-refractivity contribution in [3.05, 3.63) is 23.5 Å². The molecule has 0 aliphatic heterocycles. The van der Waals surface area contributed by atoms with Gasteiger partial charge in [-0.1, -0.05) is 62.1 Å². The molecule has 7 heteroatoms. The summed E-state index contributed by atoms with van der Waals surface area (Å²) < 4.78 is 26.5. The molecule has 1 aromatic carbocycles. The molecule has 1 N–H and O–H groups in total. The van der Waals surface area contributed by atoms with Gasteiger partial charge in [0.2, 0.25) is 0 Å². The molecular weight excluding hydrogens is 584 g/mol. The SMILES string of the molecule is CCCCC(I)(CCCC)C1CC(COc2cc(C(=O)N[C@@H]3[C@@H]4CC[C@@H](C4)[C@@H]3C=O)c(OC)cc2F)C1. The lowest BCUT2D eigenvalue weighted by molar-refractivity contribution is -0.113. The molecule has 1 amide bonds. The molecule has 206 valence electrons. The van der Waals surface area contributed by atoms with Gasteiger partial charge in [-0.2, -0.15) is 0 Å². The van der Waals surface area contributed by atoms with E-state index < -0.39 is 5.82 Å². The van der Waals surface area contributed by atoms with Crippen LogP contribution in [0.15, 0.2) is 12.1 Å². The molecule has 1 aromatic rings. The number of benzene rings is 1. The Labute approximate surface area is 235 Å². The highest BCUT2D eigenvalue weighted by molar-refractivity contribution is 14.1. The first-order valence-corrected chi connectivity index (χ1v) is 15.4.